The second-order valence-electron chi connectivity index (χ2n) is 4.46. The highest BCUT2D eigenvalue weighted by atomic mass is 79.9. The molecule has 0 saturated carbocycles. The summed E-state index contributed by atoms with van der Waals surface area (Å²) in [4.78, 5) is 6.73. The Morgan fingerprint density at radius 2 is 2.06 bits per heavy atom. The fourth-order valence-electron chi connectivity index (χ4n) is 2.21. The maximum Gasteiger partial charge on any atom is 0.0410 e. The lowest BCUT2D eigenvalue weighted by Crippen LogP contribution is -2.39. The fraction of sp³-hybridized carbons (Fsp3) is 0.583. The van der Waals surface area contributed by atoms with Crippen molar-refractivity contribution in [2.24, 2.45) is 0 Å². The van der Waals surface area contributed by atoms with Crippen LogP contribution in [-0.4, -0.2) is 33.5 Å². The van der Waals surface area contributed by atoms with Gasteiger partial charge in [-0.1, -0.05) is 13.8 Å². The number of pyridine rings is 1. The van der Waals surface area contributed by atoms with Crippen LogP contribution in [0.3, 0.4) is 0 Å². The molecule has 0 spiro atoms. The summed E-state index contributed by atoms with van der Waals surface area (Å²) in [5, 5.41) is 1.48. The van der Waals surface area contributed by atoms with E-state index in [0.29, 0.717) is 0 Å². The van der Waals surface area contributed by atoms with Crippen LogP contribution in [0.25, 0.3) is 0 Å². The summed E-state index contributed by atoms with van der Waals surface area (Å²) < 4.78 is 1.07. The number of halogens is 1. The minimum atomic E-state index is 0.740. The third-order valence-corrected chi connectivity index (χ3v) is 4.32. The average molecular weight is 301 g/mol. The van der Waals surface area contributed by atoms with Crippen molar-refractivity contribution in [3.8, 4) is 0 Å². The van der Waals surface area contributed by atoms with Crippen molar-refractivity contribution in [1.29, 1.82) is 0 Å². The maximum atomic E-state index is 4.21. The number of nitrogens with zero attached hydrogens (tertiary/aromatic N) is 2. The maximum absolute atomic E-state index is 4.21. The van der Waals surface area contributed by atoms with Gasteiger partial charge in [-0.2, -0.15) is 11.8 Å². The Labute approximate surface area is 110 Å². The summed E-state index contributed by atoms with van der Waals surface area (Å²) in [6.07, 6.45) is 3.79. The molecule has 0 aliphatic carbocycles. The molecule has 0 bridgehead atoms. The van der Waals surface area contributed by atoms with Crippen LogP contribution in [-0.2, 0) is 6.54 Å². The lowest BCUT2D eigenvalue weighted by molar-refractivity contribution is 0.262. The largest absolute Gasteiger partial charge is 0.297 e. The predicted octanol–water partition coefficient (Wildman–Crippen LogP) is 3.17. The van der Waals surface area contributed by atoms with Gasteiger partial charge in [-0.3, -0.25) is 9.88 Å². The van der Waals surface area contributed by atoms with Gasteiger partial charge in [0.25, 0.3) is 0 Å². The Hall–Kier alpha value is -0.0600. The quantitative estimate of drug-likeness (QED) is 0.835. The van der Waals surface area contributed by atoms with Gasteiger partial charge < -0.3 is 0 Å². The van der Waals surface area contributed by atoms with Crippen molar-refractivity contribution < 1.29 is 0 Å². The molecule has 0 N–H and O–H groups in total. The van der Waals surface area contributed by atoms with Crippen LogP contribution >= 0.6 is 27.7 Å². The lowest BCUT2D eigenvalue weighted by Gasteiger charge is -2.34. The molecule has 2 heterocycles. The zero-order valence-corrected chi connectivity index (χ0v) is 12.1. The molecule has 0 aromatic carbocycles. The van der Waals surface area contributed by atoms with E-state index in [1.807, 2.05) is 12.4 Å². The number of aromatic nitrogens is 1. The van der Waals surface area contributed by atoms with E-state index in [9.17, 15) is 0 Å². The molecular weight excluding hydrogens is 284 g/mol. The molecule has 1 aliphatic heterocycles. The smallest absolute Gasteiger partial charge is 0.0410 e. The van der Waals surface area contributed by atoms with Crippen LogP contribution in [0, 0.1) is 0 Å². The molecule has 1 aromatic rings. The van der Waals surface area contributed by atoms with E-state index in [-0.39, 0.29) is 0 Å². The molecule has 2 rings (SSSR count). The first kappa shape index (κ1) is 12.4. The summed E-state index contributed by atoms with van der Waals surface area (Å²) in [6.45, 7) is 8.00. The minimum absolute atomic E-state index is 0.740. The molecule has 16 heavy (non-hydrogen) atoms. The summed E-state index contributed by atoms with van der Waals surface area (Å²) in [5.41, 5.74) is 1.29. The Morgan fingerprint density at radius 1 is 1.38 bits per heavy atom. The predicted molar refractivity (Wildman–Crippen MR) is 73.7 cm³/mol. The van der Waals surface area contributed by atoms with Crippen LogP contribution in [0.2, 0.25) is 0 Å². The molecule has 4 heteroatoms. The van der Waals surface area contributed by atoms with Crippen LogP contribution in [0.15, 0.2) is 22.9 Å². The van der Waals surface area contributed by atoms with Gasteiger partial charge in [0.15, 0.2) is 0 Å². The number of hydrogen-bond acceptors (Lipinski definition) is 3. The van der Waals surface area contributed by atoms with E-state index in [1.165, 1.54) is 18.7 Å². The van der Waals surface area contributed by atoms with Gasteiger partial charge in [-0.15, -0.1) is 0 Å². The van der Waals surface area contributed by atoms with E-state index in [1.54, 1.807) is 0 Å². The van der Waals surface area contributed by atoms with Crippen LogP contribution < -0.4 is 0 Å². The first-order chi connectivity index (χ1) is 7.63. The van der Waals surface area contributed by atoms with Gasteiger partial charge >= 0.3 is 0 Å². The van der Waals surface area contributed by atoms with Gasteiger partial charge in [0.2, 0.25) is 0 Å². The van der Waals surface area contributed by atoms with Crippen molar-refractivity contribution in [1.82, 2.24) is 9.88 Å². The Morgan fingerprint density at radius 3 is 2.69 bits per heavy atom. The molecule has 2 atom stereocenters. The van der Waals surface area contributed by atoms with Crippen LogP contribution in [0.4, 0.5) is 0 Å². The standard InChI is InChI=1S/C12H17BrN2S/c1-9-6-15(7-10(2)16-9)8-11-3-12(13)5-14-4-11/h3-5,9-10H,6-8H2,1-2H3. The average Bonchev–Trinajstić information content (AvgIpc) is 2.15. The van der Waals surface area contributed by atoms with Gasteiger partial charge in [0, 0.05) is 47.0 Å². The molecule has 1 saturated heterocycles. The SMILES string of the molecule is CC1CN(Cc2cncc(Br)c2)CC(C)S1. The molecule has 1 fully saturated rings. The van der Waals surface area contributed by atoms with Crippen LogP contribution in [0.5, 0.6) is 0 Å². The van der Waals surface area contributed by atoms with Gasteiger partial charge in [-0.05, 0) is 27.6 Å². The molecule has 1 aliphatic rings. The number of hydrogen-bond donors (Lipinski definition) is 0. The van der Waals surface area contributed by atoms with Crippen molar-refractivity contribution in [2.75, 3.05) is 13.1 Å². The molecular formula is C12H17BrN2S. The second-order valence-corrected chi connectivity index (χ2v) is 7.26. The molecule has 88 valence electrons. The summed E-state index contributed by atoms with van der Waals surface area (Å²) >= 11 is 5.56. The van der Waals surface area contributed by atoms with E-state index in [4.69, 9.17) is 0 Å². The molecule has 1 aromatic heterocycles. The molecule has 0 amide bonds. The third-order valence-electron chi connectivity index (χ3n) is 2.66. The zero-order valence-electron chi connectivity index (χ0n) is 9.69. The van der Waals surface area contributed by atoms with E-state index < -0.39 is 0 Å². The Bertz CT molecular complexity index is 349. The van der Waals surface area contributed by atoms with Gasteiger partial charge in [0.1, 0.15) is 0 Å². The highest BCUT2D eigenvalue weighted by molar-refractivity contribution is 9.10. The van der Waals surface area contributed by atoms with E-state index in [2.05, 4.69) is 57.5 Å². The normalized spacial score (nSPS) is 26.9. The van der Waals surface area contributed by atoms with Crippen molar-refractivity contribution in [3.63, 3.8) is 0 Å². The molecule has 0 radical (unpaired) electrons. The zero-order chi connectivity index (χ0) is 11.5. The van der Waals surface area contributed by atoms with Gasteiger partial charge in [-0.25, -0.2) is 0 Å². The Balaban J connectivity index is 1.98. The summed E-state index contributed by atoms with van der Waals surface area (Å²) in [7, 11) is 0. The summed E-state index contributed by atoms with van der Waals surface area (Å²) in [6, 6.07) is 2.16. The molecule has 2 unspecified atom stereocenters. The highest BCUT2D eigenvalue weighted by Crippen LogP contribution is 2.25. The first-order valence-corrected chi connectivity index (χ1v) is 7.34. The second kappa shape index (κ2) is 5.52. The van der Waals surface area contributed by atoms with Gasteiger partial charge in [0.05, 0.1) is 0 Å². The molecule has 2 nitrogen and oxygen atoms in total. The minimum Gasteiger partial charge on any atom is -0.297 e. The number of thioether (sulfide) groups is 1. The fourth-order valence-corrected chi connectivity index (χ4v) is 4.01. The monoisotopic (exact) mass is 300 g/mol. The van der Waals surface area contributed by atoms with Crippen molar-refractivity contribution in [2.45, 2.75) is 30.9 Å². The Kier molecular flexibility index (Phi) is 4.27. The van der Waals surface area contributed by atoms with E-state index in [0.717, 1.165) is 21.5 Å². The lowest BCUT2D eigenvalue weighted by atomic mass is 10.2. The van der Waals surface area contributed by atoms with E-state index >= 15 is 0 Å². The highest BCUT2D eigenvalue weighted by Gasteiger charge is 2.22. The van der Waals surface area contributed by atoms with Crippen LogP contribution in [0.1, 0.15) is 19.4 Å². The topological polar surface area (TPSA) is 16.1 Å². The third kappa shape index (κ3) is 3.47. The summed E-state index contributed by atoms with van der Waals surface area (Å²) in [5.74, 6) is 0. The van der Waals surface area contributed by atoms with Crippen molar-refractivity contribution >= 4 is 27.7 Å². The van der Waals surface area contributed by atoms with Crippen molar-refractivity contribution in [3.05, 3.63) is 28.5 Å². The first-order valence-electron chi connectivity index (χ1n) is 5.60. The number of rotatable bonds is 2.